The quantitative estimate of drug-likeness (QED) is 0.245. The fraction of sp³-hybridized carbons (Fsp3) is 0.0400. The van der Waals surface area contributed by atoms with Crippen LogP contribution < -0.4 is 4.74 Å². The van der Waals surface area contributed by atoms with Gasteiger partial charge >= 0.3 is 0 Å². The average molecular weight is 512 g/mol. The minimum absolute atomic E-state index is 0.882. The van der Waals surface area contributed by atoms with Gasteiger partial charge in [0.15, 0.2) is 0 Å². The van der Waals surface area contributed by atoms with Gasteiger partial charge in [0.25, 0.3) is 0 Å². The first-order valence-corrected chi connectivity index (χ1v) is 12.6. The lowest BCUT2D eigenvalue weighted by atomic mass is 10.3. The number of ether oxygens (including phenoxy) is 1. The Hall–Kier alpha value is -1.79. The van der Waals surface area contributed by atoms with Crippen LogP contribution in [-0.2, 0) is 0 Å². The van der Waals surface area contributed by atoms with Gasteiger partial charge in [0.05, 0.1) is 7.11 Å². The van der Waals surface area contributed by atoms with E-state index >= 15 is 0 Å². The molecule has 0 unspecified atom stereocenters. The summed E-state index contributed by atoms with van der Waals surface area (Å²) in [6.45, 7) is 0. The van der Waals surface area contributed by atoms with Crippen molar-refractivity contribution in [3.8, 4) is 5.75 Å². The van der Waals surface area contributed by atoms with E-state index in [4.69, 9.17) is 4.74 Å². The van der Waals surface area contributed by atoms with Crippen LogP contribution in [0.25, 0.3) is 0 Å². The second-order valence-corrected chi connectivity index (χ2v) is 10.7. The topological polar surface area (TPSA) is 9.23 Å². The minimum Gasteiger partial charge on any atom is -0.497 e. The monoisotopic (exact) mass is 510 g/mol. The molecule has 30 heavy (non-hydrogen) atoms. The van der Waals surface area contributed by atoms with Crippen molar-refractivity contribution in [1.82, 2.24) is 0 Å². The van der Waals surface area contributed by atoms with E-state index in [1.807, 2.05) is 12.1 Å². The highest BCUT2D eigenvalue weighted by Crippen LogP contribution is 2.34. The van der Waals surface area contributed by atoms with Crippen LogP contribution >= 0.6 is 51.2 Å². The summed E-state index contributed by atoms with van der Waals surface area (Å²) in [7, 11) is 1.69. The summed E-state index contributed by atoms with van der Waals surface area (Å²) in [5, 5.41) is 0. The number of hydrogen-bond acceptors (Lipinski definition) is 4. The number of halogens is 1. The molecule has 4 aromatic carbocycles. The number of methoxy groups -OCH3 is 1. The molecule has 0 bridgehead atoms. The van der Waals surface area contributed by atoms with E-state index in [2.05, 4.69) is 101 Å². The third-order valence-corrected chi connectivity index (χ3v) is 7.80. The number of benzene rings is 4. The highest BCUT2D eigenvalue weighted by molar-refractivity contribution is 9.10. The molecule has 0 heterocycles. The van der Waals surface area contributed by atoms with Gasteiger partial charge in [-0.2, -0.15) is 0 Å². The van der Waals surface area contributed by atoms with Crippen LogP contribution in [0.15, 0.2) is 131 Å². The first-order valence-electron chi connectivity index (χ1n) is 9.31. The zero-order valence-corrected chi connectivity index (χ0v) is 20.3. The molecule has 0 radical (unpaired) electrons. The van der Waals surface area contributed by atoms with Crippen molar-refractivity contribution in [3.05, 3.63) is 102 Å². The lowest BCUT2D eigenvalue weighted by molar-refractivity contribution is 0.414. The van der Waals surface area contributed by atoms with E-state index in [1.165, 1.54) is 29.4 Å². The molecule has 0 saturated heterocycles. The second-order valence-electron chi connectivity index (χ2n) is 6.38. The number of hydrogen-bond donors (Lipinski definition) is 0. The Bertz CT molecular complexity index is 1080. The Balaban J connectivity index is 1.35. The van der Waals surface area contributed by atoms with Crippen molar-refractivity contribution in [2.24, 2.45) is 0 Å². The van der Waals surface area contributed by atoms with E-state index in [-0.39, 0.29) is 0 Å². The van der Waals surface area contributed by atoms with Crippen LogP contribution in [0.2, 0.25) is 0 Å². The summed E-state index contributed by atoms with van der Waals surface area (Å²) in [5.41, 5.74) is 0. The Labute approximate surface area is 198 Å². The summed E-state index contributed by atoms with van der Waals surface area (Å²) < 4.78 is 6.32. The van der Waals surface area contributed by atoms with E-state index in [0.29, 0.717) is 0 Å². The third-order valence-electron chi connectivity index (χ3n) is 4.23. The molecule has 1 nitrogen and oxygen atoms in total. The lowest BCUT2D eigenvalue weighted by Gasteiger charge is -2.06. The predicted octanol–water partition coefficient (Wildman–Crippen LogP) is 8.91. The summed E-state index contributed by atoms with van der Waals surface area (Å²) in [6.07, 6.45) is 0. The molecule has 5 heteroatoms. The highest BCUT2D eigenvalue weighted by atomic mass is 79.9. The first kappa shape index (κ1) is 21.4. The SMILES string of the molecule is COc1ccc(Sc2ccc(Sc3ccc(Sc4ccc(Br)cc4)cc3)cc2)cc1. The highest BCUT2D eigenvalue weighted by Gasteiger charge is 2.03. The third kappa shape index (κ3) is 6.11. The molecular formula is C25H19BrOS3. The van der Waals surface area contributed by atoms with Gasteiger partial charge in [0.1, 0.15) is 5.75 Å². The molecule has 4 aromatic rings. The van der Waals surface area contributed by atoms with Crippen LogP contribution in [0.1, 0.15) is 0 Å². The van der Waals surface area contributed by atoms with Gasteiger partial charge in [0.2, 0.25) is 0 Å². The van der Waals surface area contributed by atoms with Crippen molar-refractivity contribution in [1.29, 1.82) is 0 Å². The maximum Gasteiger partial charge on any atom is 0.118 e. The van der Waals surface area contributed by atoms with Crippen LogP contribution in [0.3, 0.4) is 0 Å². The Morgan fingerprint density at radius 1 is 0.467 bits per heavy atom. The van der Waals surface area contributed by atoms with Gasteiger partial charge in [-0.05, 0) is 97.1 Å². The van der Waals surface area contributed by atoms with E-state index in [0.717, 1.165) is 10.2 Å². The molecule has 0 amide bonds. The van der Waals surface area contributed by atoms with Crippen LogP contribution in [0.4, 0.5) is 0 Å². The Morgan fingerprint density at radius 3 is 1.03 bits per heavy atom. The van der Waals surface area contributed by atoms with Gasteiger partial charge < -0.3 is 4.74 Å². The second kappa shape index (κ2) is 10.5. The van der Waals surface area contributed by atoms with Crippen molar-refractivity contribution < 1.29 is 4.74 Å². The van der Waals surface area contributed by atoms with E-state index in [1.54, 1.807) is 42.4 Å². The maximum absolute atomic E-state index is 5.22. The summed E-state index contributed by atoms with van der Waals surface area (Å²) in [4.78, 5) is 7.39. The Kier molecular flexibility index (Phi) is 7.50. The van der Waals surface area contributed by atoms with Crippen molar-refractivity contribution >= 4 is 51.2 Å². The van der Waals surface area contributed by atoms with Crippen molar-refractivity contribution in [2.75, 3.05) is 7.11 Å². The molecule has 0 N–H and O–H groups in total. The van der Waals surface area contributed by atoms with Gasteiger partial charge in [-0.15, -0.1) is 0 Å². The standard InChI is InChI=1S/C25H19BrOS3/c1-27-19-4-8-21(9-5-19)29-23-12-16-25(17-13-23)30-24-14-10-22(11-15-24)28-20-6-2-18(26)3-7-20/h2-17H,1H3. The molecular weight excluding hydrogens is 492 g/mol. The fourth-order valence-electron chi connectivity index (χ4n) is 2.71. The molecule has 0 spiro atoms. The maximum atomic E-state index is 5.22. The minimum atomic E-state index is 0.882. The molecule has 150 valence electrons. The van der Waals surface area contributed by atoms with Gasteiger partial charge in [-0.25, -0.2) is 0 Å². The smallest absolute Gasteiger partial charge is 0.118 e. The number of rotatable bonds is 7. The van der Waals surface area contributed by atoms with E-state index in [9.17, 15) is 0 Å². The van der Waals surface area contributed by atoms with Crippen LogP contribution in [0.5, 0.6) is 5.75 Å². The molecule has 0 fully saturated rings. The molecule has 0 aliphatic heterocycles. The van der Waals surface area contributed by atoms with Gasteiger partial charge in [-0.1, -0.05) is 51.2 Å². The van der Waals surface area contributed by atoms with Gasteiger partial charge in [-0.3, -0.25) is 0 Å². The van der Waals surface area contributed by atoms with Crippen molar-refractivity contribution in [3.63, 3.8) is 0 Å². The van der Waals surface area contributed by atoms with E-state index < -0.39 is 0 Å². The molecule has 0 aromatic heterocycles. The average Bonchev–Trinajstić information content (AvgIpc) is 2.78. The lowest BCUT2D eigenvalue weighted by Crippen LogP contribution is -1.81. The van der Waals surface area contributed by atoms with Crippen molar-refractivity contribution in [2.45, 2.75) is 29.4 Å². The summed E-state index contributed by atoms with van der Waals surface area (Å²) in [6, 6.07) is 34.0. The predicted molar refractivity (Wildman–Crippen MR) is 132 cm³/mol. The van der Waals surface area contributed by atoms with Crippen LogP contribution in [-0.4, -0.2) is 7.11 Å². The van der Waals surface area contributed by atoms with Gasteiger partial charge in [0, 0.05) is 33.8 Å². The largest absolute Gasteiger partial charge is 0.497 e. The first-order chi connectivity index (χ1) is 14.7. The molecule has 4 rings (SSSR count). The molecule has 0 aliphatic carbocycles. The normalized spacial score (nSPS) is 10.7. The summed E-state index contributed by atoms with van der Waals surface area (Å²) in [5.74, 6) is 0.882. The fourth-order valence-corrected chi connectivity index (χ4v) is 5.42. The zero-order valence-electron chi connectivity index (χ0n) is 16.2. The Morgan fingerprint density at radius 2 is 0.733 bits per heavy atom. The zero-order chi connectivity index (χ0) is 20.8. The molecule has 0 aliphatic rings. The molecule has 0 atom stereocenters. The van der Waals surface area contributed by atoms with Crippen LogP contribution in [0, 0.1) is 0 Å². The summed E-state index contributed by atoms with van der Waals surface area (Å²) >= 11 is 8.79. The molecule has 0 saturated carbocycles.